The molecule has 5 nitrogen and oxygen atoms in total. The molecule has 0 fully saturated rings. The summed E-state index contributed by atoms with van der Waals surface area (Å²) in [5, 5.41) is 5.45. The zero-order valence-corrected chi connectivity index (χ0v) is 15.3. The molecule has 1 aromatic heterocycles. The van der Waals surface area contributed by atoms with Crippen LogP contribution < -0.4 is 15.4 Å². The van der Waals surface area contributed by atoms with Crippen LogP contribution in [0.1, 0.15) is 19.4 Å². The van der Waals surface area contributed by atoms with Gasteiger partial charge in [-0.25, -0.2) is 14.2 Å². The number of hydrogen-bond donors (Lipinski definition) is 2. The second-order valence-corrected chi connectivity index (χ2v) is 6.86. The highest BCUT2D eigenvalue weighted by molar-refractivity contribution is 9.10. The van der Waals surface area contributed by atoms with E-state index in [2.05, 4.69) is 31.5 Å². The molecule has 1 heterocycles. The Labute approximate surface area is 148 Å². The summed E-state index contributed by atoms with van der Waals surface area (Å²) in [5.41, 5.74) is 0.553. The van der Waals surface area contributed by atoms with Gasteiger partial charge in [-0.3, -0.25) is 0 Å². The first-order valence-corrected chi connectivity index (χ1v) is 8.15. The van der Waals surface area contributed by atoms with Crippen LogP contribution >= 0.6 is 15.9 Å². The predicted molar refractivity (Wildman–Crippen MR) is 94.8 cm³/mol. The molecule has 2 N–H and O–H groups in total. The van der Waals surface area contributed by atoms with Crippen LogP contribution in [0.15, 0.2) is 41.0 Å². The monoisotopic (exact) mass is 395 g/mol. The lowest BCUT2D eigenvalue weighted by atomic mass is 10.1. The number of ether oxygens (including phenoxy) is 1. The number of hydrogen-bond acceptors (Lipinski definition) is 3. The summed E-state index contributed by atoms with van der Waals surface area (Å²) in [6.07, 6.45) is 1.62. The van der Waals surface area contributed by atoms with Crippen molar-refractivity contribution >= 4 is 27.6 Å². The van der Waals surface area contributed by atoms with E-state index in [0.29, 0.717) is 11.6 Å². The van der Waals surface area contributed by atoms with E-state index in [4.69, 9.17) is 4.74 Å². The molecule has 0 unspecified atom stereocenters. The van der Waals surface area contributed by atoms with Gasteiger partial charge in [0, 0.05) is 11.9 Å². The van der Waals surface area contributed by atoms with Crippen LogP contribution in [0.2, 0.25) is 0 Å². The Morgan fingerprint density at radius 3 is 2.83 bits per heavy atom. The number of nitrogens with one attached hydrogen (secondary N) is 2. The van der Waals surface area contributed by atoms with Crippen LogP contribution in [0.25, 0.3) is 0 Å². The van der Waals surface area contributed by atoms with Crippen LogP contribution in [0.4, 0.5) is 14.9 Å². The molecule has 0 aliphatic heterocycles. The molecule has 0 saturated carbocycles. The van der Waals surface area contributed by atoms with Gasteiger partial charge in [-0.2, -0.15) is 0 Å². The second kappa shape index (κ2) is 7.61. The Morgan fingerprint density at radius 1 is 1.38 bits per heavy atom. The molecule has 0 aliphatic rings. The maximum atomic E-state index is 13.3. The molecule has 0 spiro atoms. The molecule has 24 heavy (non-hydrogen) atoms. The van der Waals surface area contributed by atoms with Gasteiger partial charge in [0.1, 0.15) is 12.4 Å². The number of anilines is 1. The van der Waals surface area contributed by atoms with Gasteiger partial charge in [-0.1, -0.05) is 6.07 Å². The maximum absolute atomic E-state index is 13.3. The van der Waals surface area contributed by atoms with E-state index in [1.807, 2.05) is 19.9 Å². The minimum absolute atomic E-state index is 0.220. The molecule has 2 rings (SSSR count). The number of pyridine rings is 1. The minimum Gasteiger partial charge on any atom is -0.474 e. The van der Waals surface area contributed by atoms with Crippen LogP contribution in [-0.4, -0.2) is 23.2 Å². The number of amides is 2. The lowest BCUT2D eigenvalue weighted by Crippen LogP contribution is -2.49. The fraction of sp³-hybridized carbons (Fsp3) is 0.294. The van der Waals surface area contributed by atoms with Crippen molar-refractivity contribution in [3.8, 4) is 5.88 Å². The first kappa shape index (κ1) is 18.2. The van der Waals surface area contributed by atoms with E-state index in [9.17, 15) is 9.18 Å². The highest BCUT2D eigenvalue weighted by atomic mass is 79.9. The third-order valence-corrected chi connectivity index (χ3v) is 3.80. The van der Waals surface area contributed by atoms with Gasteiger partial charge in [-0.05, 0) is 66.5 Å². The van der Waals surface area contributed by atoms with Gasteiger partial charge in [0.15, 0.2) is 0 Å². The van der Waals surface area contributed by atoms with E-state index in [1.54, 1.807) is 25.3 Å². The molecule has 2 aromatic rings. The Hall–Kier alpha value is -2.15. The standard InChI is InChI=1S/C17H19BrFN3O2/c1-11-6-7-12(19)9-14(11)21-16(23)22-17(2,3)10-24-15-13(18)5-4-8-20-15/h4-9H,10H2,1-3H3,(H2,21,22,23). The summed E-state index contributed by atoms with van der Waals surface area (Å²) in [6.45, 7) is 5.66. The van der Waals surface area contributed by atoms with Crippen molar-refractivity contribution in [2.24, 2.45) is 0 Å². The highest BCUT2D eigenvalue weighted by Crippen LogP contribution is 2.22. The Bertz CT molecular complexity index is 738. The fourth-order valence-corrected chi connectivity index (χ4v) is 2.32. The van der Waals surface area contributed by atoms with Crippen molar-refractivity contribution < 1.29 is 13.9 Å². The zero-order chi connectivity index (χ0) is 17.7. The molecule has 128 valence electrons. The van der Waals surface area contributed by atoms with Gasteiger partial charge >= 0.3 is 6.03 Å². The molecule has 0 bridgehead atoms. The number of carbonyl (C=O) groups excluding carboxylic acids is 1. The Balaban J connectivity index is 1.94. The fourth-order valence-electron chi connectivity index (χ4n) is 1.95. The van der Waals surface area contributed by atoms with E-state index in [0.717, 1.165) is 10.0 Å². The summed E-state index contributed by atoms with van der Waals surface area (Å²) >= 11 is 3.35. The first-order chi connectivity index (χ1) is 11.3. The number of nitrogens with zero attached hydrogens (tertiary/aromatic N) is 1. The number of halogens is 2. The van der Waals surface area contributed by atoms with E-state index in [-0.39, 0.29) is 6.61 Å². The van der Waals surface area contributed by atoms with Crippen LogP contribution in [0.5, 0.6) is 5.88 Å². The van der Waals surface area contributed by atoms with Gasteiger partial charge < -0.3 is 15.4 Å². The van der Waals surface area contributed by atoms with Crippen molar-refractivity contribution in [2.75, 3.05) is 11.9 Å². The second-order valence-electron chi connectivity index (χ2n) is 6.00. The topological polar surface area (TPSA) is 63.2 Å². The van der Waals surface area contributed by atoms with Crippen molar-refractivity contribution in [1.82, 2.24) is 10.3 Å². The molecule has 2 amide bonds. The van der Waals surface area contributed by atoms with Gasteiger partial charge in [0.05, 0.1) is 10.0 Å². The molecular weight excluding hydrogens is 377 g/mol. The summed E-state index contributed by atoms with van der Waals surface area (Å²) < 4.78 is 19.7. The number of carbonyl (C=O) groups is 1. The molecular formula is C17H19BrFN3O2. The van der Waals surface area contributed by atoms with Gasteiger partial charge in [0.25, 0.3) is 0 Å². The van der Waals surface area contributed by atoms with Gasteiger partial charge in [-0.15, -0.1) is 0 Å². The third-order valence-electron chi connectivity index (χ3n) is 3.19. The first-order valence-electron chi connectivity index (χ1n) is 7.35. The number of rotatable bonds is 5. The van der Waals surface area contributed by atoms with E-state index in [1.165, 1.54) is 12.1 Å². The largest absolute Gasteiger partial charge is 0.474 e. The van der Waals surface area contributed by atoms with Crippen LogP contribution in [0, 0.1) is 12.7 Å². The third kappa shape index (κ3) is 5.19. The van der Waals surface area contributed by atoms with Crippen molar-refractivity contribution in [2.45, 2.75) is 26.3 Å². The average molecular weight is 396 g/mol. The SMILES string of the molecule is Cc1ccc(F)cc1NC(=O)NC(C)(C)COc1ncccc1Br. The zero-order valence-electron chi connectivity index (χ0n) is 13.7. The van der Waals surface area contributed by atoms with Crippen molar-refractivity contribution in [1.29, 1.82) is 0 Å². The maximum Gasteiger partial charge on any atom is 0.319 e. The molecule has 0 aliphatic carbocycles. The molecule has 0 radical (unpaired) electrons. The molecule has 0 atom stereocenters. The van der Waals surface area contributed by atoms with Crippen molar-refractivity contribution in [3.63, 3.8) is 0 Å². The number of aryl methyl sites for hydroxylation is 1. The summed E-state index contributed by atoms with van der Waals surface area (Å²) in [7, 11) is 0. The van der Waals surface area contributed by atoms with E-state index >= 15 is 0 Å². The average Bonchev–Trinajstić information content (AvgIpc) is 2.49. The smallest absolute Gasteiger partial charge is 0.319 e. The Morgan fingerprint density at radius 2 is 2.12 bits per heavy atom. The lowest BCUT2D eigenvalue weighted by molar-refractivity contribution is 0.197. The van der Waals surface area contributed by atoms with Crippen molar-refractivity contribution in [3.05, 3.63) is 52.4 Å². The normalized spacial score (nSPS) is 11.0. The van der Waals surface area contributed by atoms with Crippen LogP contribution in [0.3, 0.4) is 0 Å². The molecule has 7 heteroatoms. The quantitative estimate of drug-likeness (QED) is 0.794. The summed E-state index contributed by atoms with van der Waals surface area (Å²) in [4.78, 5) is 16.3. The highest BCUT2D eigenvalue weighted by Gasteiger charge is 2.22. The number of benzene rings is 1. The Kier molecular flexibility index (Phi) is 5.77. The lowest BCUT2D eigenvalue weighted by Gasteiger charge is -2.26. The number of urea groups is 1. The molecule has 1 aromatic carbocycles. The van der Waals surface area contributed by atoms with E-state index < -0.39 is 17.4 Å². The predicted octanol–water partition coefficient (Wildman–Crippen LogP) is 4.27. The summed E-state index contributed by atoms with van der Waals surface area (Å²) in [6, 6.07) is 7.41. The molecule has 0 saturated heterocycles. The minimum atomic E-state index is -0.651. The number of aromatic nitrogens is 1. The summed E-state index contributed by atoms with van der Waals surface area (Å²) in [5.74, 6) is 0.0484. The van der Waals surface area contributed by atoms with Gasteiger partial charge in [0.2, 0.25) is 5.88 Å². The van der Waals surface area contributed by atoms with Crippen LogP contribution in [-0.2, 0) is 0 Å².